The van der Waals surface area contributed by atoms with Crippen LogP contribution in [0.25, 0.3) is 0 Å². The molecular weight excluding hydrogens is 1560 g/mol. The number of halogens is 8. The number of carboxylic acid groups (broad SMARTS) is 2. The third-order valence-electron chi connectivity index (χ3n) is 15.0. The van der Waals surface area contributed by atoms with E-state index in [2.05, 4.69) is 145 Å². The summed E-state index contributed by atoms with van der Waals surface area (Å²) in [5, 5.41) is 50.3. The van der Waals surface area contributed by atoms with Crippen LogP contribution in [0.1, 0.15) is 86.7 Å². The van der Waals surface area contributed by atoms with Gasteiger partial charge in [-0.05, 0) is 93.9 Å². The summed E-state index contributed by atoms with van der Waals surface area (Å²) in [4.78, 5) is 31.7. The number of piperazine rings is 3. The van der Waals surface area contributed by atoms with Gasteiger partial charge in [0.05, 0.1) is 31.9 Å². The summed E-state index contributed by atoms with van der Waals surface area (Å²) < 4.78 is 5.15. The number of rotatable bonds is 19. The minimum absolute atomic E-state index is 0. The minimum atomic E-state index is -0.980. The summed E-state index contributed by atoms with van der Waals surface area (Å²) in [6, 6.07) is 75.8. The molecule has 0 radical (unpaired) electrons. The fourth-order valence-corrected chi connectivity index (χ4v) is 10.9. The number of β-amino-alcohol motifs (C(OH)–C–C–N with tert-alkyl or cyclic N) is 2. The third-order valence-corrected chi connectivity index (χ3v) is 16.5. The summed E-state index contributed by atoms with van der Waals surface area (Å²) in [6.45, 7) is 20.1. The Labute approximate surface area is 708 Å². The molecule has 0 spiro atoms. The molecule has 0 aliphatic carbocycles. The van der Waals surface area contributed by atoms with Crippen molar-refractivity contribution in [2.24, 2.45) is 0 Å². The number of ether oxygens (including phenoxy) is 1. The molecular formula is C80H105Cl8KN6O8Zn. The number of alkyl halides is 2. The Kier molecular flexibility index (Phi) is 60.7. The van der Waals surface area contributed by atoms with E-state index in [1.165, 1.54) is 33.4 Å². The van der Waals surface area contributed by atoms with E-state index in [1.807, 2.05) is 109 Å². The van der Waals surface area contributed by atoms with Gasteiger partial charge in [-0.25, -0.2) is 4.79 Å². The van der Waals surface area contributed by atoms with E-state index in [-0.39, 0.29) is 97.4 Å². The molecule has 3 heterocycles. The van der Waals surface area contributed by atoms with Gasteiger partial charge < -0.3 is 35.6 Å². The maximum Gasteiger partial charge on any atom is 1.00 e. The van der Waals surface area contributed by atoms with Gasteiger partial charge in [0.1, 0.15) is 12.5 Å². The Morgan fingerprint density at radius 3 is 1.06 bits per heavy atom. The molecule has 3 aliphatic rings. The molecule has 562 valence electrons. The molecule has 14 nitrogen and oxygen atoms in total. The van der Waals surface area contributed by atoms with Gasteiger partial charge in [-0.1, -0.05) is 258 Å². The van der Waals surface area contributed by atoms with Gasteiger partial charge in [0.2, 0.25) is 0 Å². The zero-order valence-corrected chi connectivity index (χ0v) is 71.1. The zero-order valence-electron chi connectivity index (χ0n) is 59.0. The normalized spacial score (nSPS) is 14.0. The van der Waals surface area contributed by atoms with Gasteiger partial charge in [-0.3, -0.25) is 29.3 Å². The number of nitrogens with one attached hydrogen (secondary N) is 1. The van der Waals surface area contributed by atoms with Crippen LogP contribution in [0.4, 0.5) is 0 Å². The van der Waals surface area contributed by atoms with Crippen LogP contribution in [0.3, 0.4) is 0 Å². The first-order chi connectivity index (χ1) is 48.7. The molecule has 2 unspecified atom stereocenters. The number of hydrogen-bond acceptors (Lipinski definition) is 12. The van der Waals surface area contributed by atoms with Crippen LogP contribution in [0, 0.1) is 0 Å². The van der Waals surface area contributed by atoms with Gasteiger partial charge in [0, 0.05) is 124 Å². The predicted molar refractivity (Wildman–Crippen MR) is 429 cm³/mol. The number of carboxylic acids is 2. The van der Waals surface area contributed by atoms with Crippen molar-refractivity contribution in [3.8, 4) is 0 Å². The van der Waals surface area contributed by atoms with Crippen molar-refractivity contribution in [3.63, 3.8) is 0 Å². The summed E-state index contributed by atoms with van der Waals surface area (Å²) in [6.07, 6.45) is 0.970. The molecule has 104 heavy (non-hydrogen) atoms. The first-order valence-electron chi connectivity index (χ1n) is 33.4. The number of hydrogen-bond donors (Lipinski definition) is 5. The second-order valence-corrected chi connectivity index (χ2v) is 30.8. The molecule has 3 saturated heterocycles. The predicted octanol–water partition coefficient (Wildman–Crippen LogP) is 13.9. The maximum atomic E-state index is 10.5. The van der Waals surface area contributed by atoms with Crippen LogP contribution in [0.2, 0.25) is 20.1 Å². The van der Waals surface area contributed by atoms with Crippen molar-refractivity contribution in [1.29, 1.82) is 0 Å². The quantitative estimate of drug-likeness (QED) is 0.0294. The molecule has 2 atom stereocenters. The average Bonchev–Trinajstić information content (AvgIpc) is 0.818. The van der Waals surface area contributed by atoms with Crippen molar-refractivity contribution in [3.05, 3.63) is 283 Å². The smallest absolute Gasteiger partial charge is 0.0623 e. The van der Waals surface area contributed by atoms with E-state index in [4.69, 9.17) is 114 Å². The Hall–Kier alpha value is -3.12. The van der Waals surface area contributed by atoms with Gasteiger partial charge in [0.25, 0.3) is 0 Å². The first-order valence-corrected chi connectivity index (χ1v) is 43.7. The van der Waals surface area contributed by atoms with Crippen LogP contribution >= 0.6 is 89.0 Å². The van der Waals surface area contributed by atoms with Crippen molar-refractivity contribution < 1.29 is 106 Å². The number of benzene rings is 8. The maximum absolute atomic E-state index is 10.5. The summed E-state index contributed by atoms with van der Waals surface area (Å²) in [7, 11) is 9.90. The van der Waals surface area contributed by atoms with E-state index in [0.29, 0.717) is 19.1 Å². The van der Waals surface area contributed by atoms with E-state index in [0.717, 1.165) is 130 Å². The molecule has 3 fully saturated rings. The summed E-state index contributed by atoms with van der Waals surface area (Å²) in [5.41, 5.74) is 8.07. The Morgan fingerprint density at radius 2 is 0.740 bits per heavy atom. The van der Waals surface area contributed by atoms with Crippen LogP contribution in [-0.2, 0) is 41.8 Å². The summed E-state index contributed by atoms with van der Waals surface area (Å²) >= 11 is 32.9. The monoisotopic (exact) mass is 1660 g/mol. The van der Waals surface area contributed by atoms with Gasteiger partial charge in [-0.15, -0.1) is 28.8 Å². The van der Waals surface area contributed by atoms with Gasteiger partial charge >= 0.3 is 97.9 Å². The zero-order chi connectivity index (χ0) is 73.9. The summed E-state index contributed by atoms with van der Waals surface area (Å²) in [5.74, 6) is -1.66. The SMILES string of the molecule is C.C.CC(C)(C)[O-].ClCc1ccc(Cl)cc1.Clc1ccc(Cc2ccccc2)cc1.O=C(O)CCl.O=C(O)COCCN1CCN(C(c2ccccc2)c2ccc(Cl)cc2)CC1.OCCN1CCN(C(c2ccccc2)c2ccc(Cl)cc2)CC1.OCCN1CCNCC1.[Cl][Zn][Cl].[K+].c1ccccc1. The molecule has 0 saturated carbocycles. The molecule has 24 heteroatoms. The Bertz CT molecular complexity index is 3290. The van der Waals surface area contributed by atoms with Crippen molar-refractivity contribution in [1.82, 2.24) is 29.8 Å². The molecule has 0 bridgehead atoms. The molecule has 3 aliphatic heterocycles. The fourth-order valence-electron chi connectivity index (χ4n) is 10.2. The molecule has 8 aromatic rings. The largest absolute Gasteiger partial charge is 1.00 e. The Balaban J connectivity index is 0.00000124. The average molecular weight is 1670 g/mol. The van der Waals surface area contributed by atoms with Crippen molar-refractivity contribution in [2.75, 3.05) is 130 Å². The number of aliphatic hydroxyl groups is 2. The van der Waals surface area contributed by atoms with E-state index in [1.54, 1.807) is 20.8 Å². The van der Waals surface area contributed by atoms with Gasteiger partial charge in [-0.2, -0.15) is 0 Å². The second-order valence-electron chi connectivity index (χ2n) is 23.9. The molecule has 11 rings (SSSR count). The Morgan fingerprint density at radius 1 is 0.462 bits per heavy atom. The number of carbonyl (C=O) groups is 2. The standard InChI is InChI=1S/C21H25ClN2O3.C19H23ClN2O.C13H11Cl.C7H6Cl2.C6H14N2O.C6H6.C4H9O.C2H3ClO2.2CH4.2ClH.K.Zn/c22-19-8-6-18(7-9-19)21(17-4-2-1-3-5-17)24-12-10-23(11-13-24)14-15-27-16-20(25)26;20-18-8-6-17(7-9-18)19(16-4-2-1-3-5-16)22-12-10-21(11-13-22)14-15-23;14-13-8-6-12(7-9-13)10-11-4-2-1-3-5-11;8-5-6-1-3-7(9)4-2-6;9-6-5-8-3-1-7-2-4-8;1-2-4-6-5-3-1;1-4(2,3)5;3-1-2(4)5;;;;;;/h1-9,21H,10-16H2,(H,25,26);1-9,19,23H,10-15H2;1-9H,10H2;1-4H,5H2;7,9H,1-6H2;1-6H;1-3H3;1H2,(H,4,5);2*1H4;2*1H;;/q;;;;;;-1;;;;;;+1;+2/p-2. The van der Waals surface area contributed by atoms with E-state index >= 15 is 0 Å². The molecule has 0 aromatic heterocycles. The molecule has 0 amide bonds. The van der Waals surface area contributed by atoms with Crippen LogP contribution in [-0.4, -0.2) is 193 Å². The third kappa shape index (κ3) is 48.4. The molecule has 5 N–H and O–H groups in total. The number of nitrogens with zero attached hydrogens (tertiary/aromatic N) is 5. The van der Waals surface area contributed by atoms with E-state index < -0.39 is 32.7 Å². The van der Waals surface area contributed by atoms with Crippen LogP contribution in [0.15, 0.2) is 224 Å². The number of aliphatic carboxylic acids is 2. The fraction of sp³-hybridized carbons (Fsp3) is 0.375. The minimum Gasteiger partial charge on any atom is -0.0623 e. The van der Waals surface area contributed by atoms with Crippen molar-refractivity contribution in [2.45, 2.75) is 65.6 Å². The van der Waals surface area contributed by atoms with Crippen molar-refractivity contribution >= 4 is 101 Å². The topological polar surface area (TPSA) is 176 Å². The van der Waals surface area contributed by atoms with Crippen LogP contribution in [0.5, 0.6) is 0 Å². The number of aliphatic hydroxyl groups excluding tert-OH is 2. The molecule has 8 aromatic carbocycles. The van der Waals surface area contributed by atoms with Gasteiger partial charge in [0.15, 0.2) is 0 Å². The van der Waals surface area contributed by atoms with Crippen LogP contribution < -0.4 is 61.8 Å². The first kappa shape index (κ1) is 101. The van der Waals surface area contributed by atoms with E-state index in [9.17, 15) is 14.7 Å². The second kappa shape index (κ2) is 62.6.